The van der Waals surface area contributed by atoms with E-state index < -0.39 is 5.92 Å². The van der Waals surface area contributed by atoms with Crippen molar-refractivity contribution in [3.8, 4) is 5.75 Å². The monoisotopic (exact) mass is 430 g/mol. The molecule has 0 saturated carbocycles. The molecule has 2 aliphatic heterocycles. The first-order chi connectivity index (χ1) is 15.0. The van der Waals surface area contributed by atoms with E-state index in [0.29, 0.717) is 35.9 Å². The minimum Gasteiger partial charge on any atom is -0.493 e. The molecule has 31 heavy (non-hydrogen) atoms. The third-order valence-corrected chi connectivity index (χ3v) is 5.64. The van der Waals surface area contributed by atoms with E-state index in [2.05, 4.69) is 10.5 Å². The van der Waals surface area contributed by atoms with Gasteiger partial charge in [-0.25, -0.2) is 8.78 Å². The number of benzene rings is 2. The van der Waals surface area contributed by atoms with E-state index in [4.69, 9.17) is 14.7 Å². The van der Waals surface area contributed by atoms with E-state index in [0.717, 1.165) is 12.0 Å². The van der Waals surface area contributed by atoms with Crippen LogP contribution in [0.4, 0.5) is 8.78 Å². The molecule has 0 amide bonds. The highest BCUT2D eigenvalue weighted by molar-refractivity contribution is 5.92. The zero-order valence-corrected chi connectivity index (χ0v) is 16.9. The number of amidine groups is 1. The van der Waals surface area contributed by atoms with Crippen LogP contribution in [0.2, 0.25) is 0 Å². The van der Waals surface area contributed by atoms with Crippen molar-refractivity contribution in [1.29, 1.82) is 0 Å². The van der Waals surface area contributed by atoms with Gasteiger partial charge >= 0.3 is 0 Å². The van der Waals surface area contributed by atoms with Gasteiger partial charge in [-0.3, -0.25) is 20.1 Å². The Morgan fingerprint density at radius 2 is 2.06 bits per heavy atom. The fourth-order valence-electron chi connectivity index (χ4n) is 4.12. The van der Waals surface area contributed by atoms with Gasteiger partial charge in [0.05, 0.1) is 19.8 Å². The lowest BCUT2D eigenvalue weighted by molar-refractivity contribution is -0.119. The van der Waals surface area contributed by atoms with Crippen molar-refractivity contribution in [2.75, 3.05) is 26.4 Å². The van der Waals surface area contributed by atoms with Crippen molar-refractivity contribution in [2.24, 2.45) is 10.9 Å². The molecule has 0 bridgehead atoms. The van der Waals surface area contributed by atoms with Crippen LogP contribution in [0.1, 0.15) is 29.0 Å². The van der Waals surface area contributed by atoms with Crippen LogP contribution in [0.25, 0.3) is 0 Å². The number of aliphatic hydroxyl groups excluding tert-OH is 1. The molecule has 6 nitrogen and oxygen atoms in total. The summed E-state index contributed by atoms with van der Waals surface area (Å²) >= 11 is 0. The van der Waals surface area contributed by atoms with E-state index in [1.54, 1.807) is 12.1 Å². The van der Waals surface area contributed by atoms with Crippen LogP contribution in [-0.2, 0) is 22.5 Å². The molecule has 2 N–H and O–H groups in total. The first kappa shape index (κ1) is 21.4. The lowest BCUT2D eigenvalue weighted by atomic mass is 9.82. The summed E-state index contributed by atoms with van der Waals surface area (Å²) in [5, 5.41) is 8.94. The maximum absolute atomic E-state index is 14.9. The van der Waals surface area contributed by atoms with E-state index in [9.17, 15) is 13.6 Å². The van der Waals surface area contributed by atoms with Gasteiger partial charge in [0, 0.05) is 43.7 Å². The number of hydrogen-bond donors (Lipinski definition) is 2. The quantitative estimate of drug-likeness (QED) is 0.497. The molecular weight excluding hydrogens is 406 g/mol. The molecule has 2 aromatic rings. The molecule has 2 aliphatic rings. The van der Waals surface area contributed by atoms with Crippen LogP contribution >= 0.6 is 0 Å². The van der Waals surface area contributed by atoms with Gasteiger partial charge in [0.2, 0.25) is 0 Å². The van der Waals surface area contributed by atoms with Crippen LogP contribution in [0.3, 0.4) is 0 Å². The molecule has 2 heterocycles. The minimum absolute atomic E-state index is 0.0600. The first-order valence-electron chi connectivity index (χ1n) is 10.3. The smallest absolute Gasteiger partial charge is 0.138 e. The van der Waals surface area contributed by atoms with Crippen molar-refractivity contribution in [2.45, 2.75) is 25.2 Å². The van der Waals surface area contributed by atoms with Crippen LogP contribution in [0, 0.1) is 17.6 Å². The first-order valence-corrected chi connectivity index (χ1v) is 10.3. The van der Waals surface area contributed by atoms with Gasteiger partial charge < -0.3 is 9.84 Å². The molecular formula is C23H24F2N2O4. The lowest BCUT2D eigenvalue weighted by Gasteiger charge is -2.22. The largest absolute Gasteiger partial charge is 0.493 e. The average molecular weight is 430 g/mol. The second-order valence-corrected chi connectivity index (χ2v) is 7.74. The Labute approximate surface area is 178 Å². The number of ketones is 1. The number of rotatable bonds is 8. The number of fused-ring (bicyclic) bond motifs is 1. The number of aliphatic imine (C=N–C) groups is 1. The van der Waals surface area contributed by atoms with Crippen molar-refractivity contribution in [3.63, 3.8) is 0 Å². The number of Topliss-reactive ketones (excluding diaryl/α,β-unsaturated/α-hetero) is 1. The topological polar surface area (TPSA) is 80.2 Å². The highest BCUT2D eigenvalue weighted by Crippen LogP contribution is 2.38. The molecule has 0 unspecified atom stereocenters. The van der Waals surface area contributed by atoms with Crippen LogP contribution in [0.5, 0.6) is 5.75 Å². The number of hydroxylamine groups is 1. The number of hydrogen-bond acceptors (Lipinski definition) is 6. The van der Waals surface area contributed by atoms with Crippen molar-refractivity contribution in [3.05, 3.63) is 64.7 Å². The molecule has 0 radical (unpaired) electrons. The predicted molar refractivity (Wildman–Crippen MR) is 110 cm³/mol. The molecule has 0 aromatic heterocycles. The van der Waals surface area contributed by atoms with Crippen molar-refractivity contribution in [1.82, 2.24) is 5.48 Å². The Hall–Kier alpha value is -2.84. The zero-order valence-electron chi connectivity index (χ0n) is 16.9. The lowest BCUT2D eigenvalue weighted by Crippen LogP contribution is -2.33. The fourth-order valence-corrected chi connectivity index (χ4v) is 4.12. The average Bonchev–Trinajstić information content (AvgIpc) is 3.36. The summed E-state index contributed by atoms with van der Waals surface area (Å²) in [6.07, 6.45) is 0.993. The summed E-state index contributed by atoms with van der Waals surface area (Å²) in [5.41, 5.74) is 4.89. The van der Waals surface area contributed by atoms with E-state index in [1.807, 2.05) is 6.07 Å². The molecule has 0 saturated heterocycles. The number of nitrogens with zero attached hydrogens (tertiary/aromatic N) is 1. The van der Waals surface area contributed by atoms with Gasteiger partial charge in [0.1, 0.15) is 29.0 Å². The van der Waals surface area contributed by atoms with Gasteiger partial charge in [0.25, 0.3) is 0 Å². The van der Waals surface area contributed by atoms with Gasteiger partial charge in [-0.15, -0.1) is 0 Å². The van der Waals surface area contributed by atoms with Gasteiger partial charge in [-0.2, -0.15) is 0 Å². The predicted octanol–water partition coefficient (Wildman–Crippen LogP) is 2.73. The van der Waals surface area contributed by atoms with Crippen LogP contribution in [-0.4, -0.2) is 43.1 Å². The van der Waals surface area contributed by atoms with Gasteiger partial charge in [0.15, 0.2) is 0 Å². The molecule has 8 heteroatoms. The number of nitrogens with one attached hydrogen (secondary N) is 1. The Balaban J connectivity index is 1.53. The Morgan fingerprint density at radius 1 is 1.26 bits per heavy atom. The molecule has 164 valence electrons. The SMILES string of the molecule is O=C(Cc1ccc(F)cc1)C[C@@H]1C(NOCCO)=NC[C@H]1c1cc2c(cc1F)OCC2. The van der Waals surface area contributed by atoms with Crippen molar-refractivity contribution >= 4 is 11.6 Å². The zero-order chi connectivity index (χ0) is 21.8. The summed E-state index contributed by atoms with van der Waals surface area (Å²) in [5.74, 6) is -0.511. The van der Waals surface area contributed by atoms with Crippen LogP contribution in [0.15, 0.2) is 41.4 Å². The Bertz CT molecular complexity index is 978. The second kappa shape index (κ2) is 9.53. The molecule has 0 fully saturated rings. The molecule has 0 aliphatic carbocycles. The molecule has 0 spiro atoms. The number of carbonyl (C=O) groups excluding carboxylic acids is 1. The van der Waals surface area contributed by atoms with Crippen molar-refractivity contribution < 1.29 is 28.3 Å². The Kier molecular flexibility index (Phi) is 6.58. The maximum atomic E-state index is 14.9. The van der Waals surface area contributed by atoms with E-state index >= 15 is 0 Å². The standard InChI is InChI=1S/C23H24F2N2O4/c24-16-3-1-14(2-4-16)9-17(29)11-19-20(13-26-23(19)27-31-8-6-28)18-10-15-5-7-30-22(15)12-21(18)25/h1-4,10,12,19-20,28H,5-9,11,13H2,(H,26,27)/t19-,20-/m0/s1. The third-order valence-electron chi connectivity index (χ3n) is 5.64. The Morgan fingerprint density at radius 3 is 2.84 bits per heavy atom. The normalized spacial score (nSPS) is 19.6. The van der Waals surface area contributed by atoms with E-state index in [1.165, 1.54) is 18.2 Å². The fraction of sp³-hybridized carbons (Fsp3) is 0.391. The summed E-state index contributed by atoms with van der Waals surface area (Å²) in [4.78, 5) is 22.5. The summed E-state index contributed by atoms with van der Waals surface area (Å²) in [6.45, 7) is 0.735. The van der Waals surface area contributed by atoms with Gasteiger partial charge in [-0.05, 0) is 34.9 Å². The third kappa shape index (κ3) is 4.91. The number of ether oxygens (including phenoxy) is 1. The number of carbonyl (C=O) groups is 1. The number of aliphatic hydroxyl groups is 1. The van der Waals surface area contributed by atoms with E-state index in [-0.39, 0.29) is 49.4 Å². The highest BCUT2D eigenvalue weighted by atomic mass is 19.1. The second-order valence-electron chi connectivity index (χ2n) is 7.74. The molecule has 4 rings (SSSR count). The highest BCUT2D eigenvalue weighted by Gasteiger charge is 2.37. The number of halogens is 2. The molecule has 2 atom stereocenters. The summed E-state index contributed by atoms with van der Waals surface area (Å²) < 4.78 is 33.5. The molecule has 2 aromatic carbocycles. The maximum Gasteiger partial charge on any atom is 0.138 e. The van der Waals surface area contributed by atoms with Gasteiger partial charge in [-0.1, -0.05) is 12.1 Å². The summed E-state index contributed by atoms with van der Waals surface area (Å²) in [6, 6.07) is 9.02. The van der Waals surface area contributed by atoms with Crippen LogP contribution < -0.4 is 10.2 Å². The minimum atomic E-state index is -0.401. The summed E-state index contributed by atoms with van der Waals surface area (Å²) in [7, 11) is 0.